The number of hydrogen-bond donors (Lipinski definition) is 1. The molecule has 29 heavy (non-hydrogen) atoms. The van der Waals surface area contributed by atoms with Gasteiger partial charge in [-0.3, -0.25) is 4.99 Å². The molecule has 0 radical (unpaired) electrons. The Morgan fingerprint density at radius 1 is 1.07 bits per heavy atom. The number of aryl methyl sites for hydroxylation is 1. The number of aromatic carboxylic acids is 1. The van der Waals surface area contributed by atoms with Crippen LogP contribution in [0.3, 0.4) is 0 Å². The lowest BCUT2D eigenvalue weighted by Crippen LogP contribution is -2.06. The molecule has 2 aromatic carbocycles. The smallest absolute Gasteiger partial charge is 0.338 e. The van der Waals surface area contributed by atoms with E-state index in [9.17, 15) is 9.59 Å². The fraction of sp³-hybridized carbons (Fsp3) is 0.174. The van der Waals surface area contributed by atoms with Crippen LogP contribution in [0.25, 0.3) is 5.69 Å². The number of carbonyl (C=O) groups excluding carboxylic acids is 1. The number of benzene rings is 2. The number of esters is 1. The highest BCUT2D eigenvalue weighted by molar-refractivity contribution is 5.90. The molecule has 0 atom stereocenters. The van der Waals surface area contributed by atoms with Crippen molar-refractivity contribution in [2.75, 3.05) is 6.61 Å². The van der Waals surface area contributed by atoms with Crippen molar-refractivity contribution in [1.82, 2.24) is 4.57 Å². The van der Waals surface area contributed by atoms with Gasteiger partial charge in [-0.1, -0.05) is 6.07 Å². The molecule has 6 heteroatoms. The molecule has 1 heterocycles. The third-order valence-electron chi connectivity index (χ3n) is 4.55. The quantitative estimate of drug-likeness (QED) is 0.488. The number of aromatic nitrogens is 1. The summed E-state index contributed by atoms with van der Waals surface area (Å²) in [5.41, 5.74) is 5.20. The number of carboxylic acid groups (broad SMARTS) is 1. The van der Waals surface area contributed by atoms with E-state index < -0.39 is 5.97 Å². The van der Waals surface area contributed by atoms with Gasteiger partial charge in [0, 0.05) is 28.9 Å². The molecule has 0 unspecified atom stereocenters. The minimum atomic E-state index is -0.964. The number of aliphatic imine (C=N–C) groups is 1. The Morgan fingerprint density at radius 2 is 1.79 bits per heavy atom. The summed E-state index contributed by atoms with van der Waals surface area (Å²) < 4.78 is 7.14. The summed E-state index contributed by atoms with van der Waals surface area (Å²) in [4.78, 5) is 27.4. The number of rotatable bonds is 6. The topological polar surface area (TPSA) is 80.9 Å². The van der Waals surface area contributed by atoms with Crippen LogP contribution >= 0.6 is 0 Å². The second kappa shape index (κ2) is 8.56. The fourth-order valence-electron chi connectivity index (χ4n) is 3.14. The van der Waals surface area contributed by atoms with Crippen LogP contribution in [0.15, 0.2) is 59.6 Å². The minimum absolute atomic E-state index is 0.226. The van der Waals surface area contributed by atoms with E-state index in [-0.39, 0.29) is 11.5 Å². The van der Waals surface area contributed by atoms with Gasteiger partial charge in [0.15, 0.2) is 0 Å². The second-order valence-corrected chi connectivity index (χ2v) is 6.54. The summed E-state index contributed by atoms with van der Waals surface area (Å²) in [7, 11) is 0. The molecule has 3 rings (SSSR count). The summed E-state index contributed by atoms with van der Waals surface area (Å²) in [5, 5.41) is 8.98. The molecular formula is C23H22N2O4. The normalized spacial score (nSPS) is 11.0. The molecule has 0 bridgehead atoms. The van der Waals surface area contributed by atoms with Crippen molar-refractivity contribution in [1.29, 1.82) is 0 Å². The Balaban J connectivity index is 1.90. The summed E-state index contributed by atoms with van der Waals surface area (Å²) in [6.45, 7) is 6.09. The van der Waals surface area contributed by atoms with Gasteiger partial charge in [-0.2, -0.15) is 0 Å². The Kier molecular flexibility index (Phi) is 5.93. The van der Waals surface area contributed by atoms with Crippen LogP contribution < -0.4 is 0 Å². The van der Waals surface area contributed by atoms with E-state index >= 15 is 0 Å². The van der Waals surface area contributed by atoms with Crippen LogP contribution in [0.4, 0.5) is 5.69 Å². The van der Waals surface area contributed by atoms with Gasteiger partial charge in [0.25, 0.3) is 0 Å². The average molecular weight is 390 g/mol. The molecule has 0 aliphatic rings. The molecule has 0 spiro atoms. The first-order chi connectivity index (χ1) is 13.9. The third kappa shape index (κ3) is 4.43. The van der Waals surface area contributed by atoms with Gasteiger partial charge in [0.05, 0.1) is 23.4 Å². The van der Waals surface area contributed by atoms with E-state index in [0.29, 0.717) is 17.9 Å². The van der Waals surface area contributed by atoms with Gasteiger partial charge >= 0.3 is 11.9 Å². The van der Waals surface area contributed by atoms with Crippen molar-refractivity contribution in [2.24, 2.45) is 4.99 Å². The molecule has 0 saturated heterocycles. The highest BCUT2D eigenvalue weighted by Crippen LogP contribution is 2.22. The number of carbonyl (C=O) groups is 2. The molecule has 0 aliphatic carbocycles. The van der Waals surface area contributed by atoms with Crippen LogP contribution in [-0.2, 0) is 4.74 Å². The highest BCUT2D eigenvalue weighted by atomic mass is 16.5. The molecule has 1 aromatic heterocycles. The number of nitrogens with zero attached hydrogens (tertiary/aromatic N) is 2. The van der Waals surface area contributed by atoms with E-state index in [2.05, 4.69) is 9.56 Å². The van der Waals surface area contributed by atoms with E-state index in [1.807, 2.05) is 38.1 Å². The van der Waals surface area contributed by atoms with Gasteiger partial charge in [-0.05, 0) is 69.3 Å². The molecule has 148 valence electrons. The number of carboxylic acids is 1. The predicted molar refractivity (Wildman–Crippen MR) is 112 cm³/mol. The van der Waals surface area contributed by atoms with Gasteiger partial charge in [-0.25, -0.2) is 9.59 Å². The number of hydrogen-bond acceptors (Lipinski definition) is 4. The van der Waals surface area contributed by atoms with E-state index in [0.717, 1.165) is 22.6 Å². The van der Waals surface area contributed by atoms with Crippen LogP contribution in [0.2, 0.25) is 0 Å². The van der Waals surface area contributed by atoms with Crippen molar-refractivity contribution >= 4 is 23.8 Å². The molecule has 0 aliphatic heterocycles. The molecule has 1 N–H and O–H groups in total. The Morgan fingerprint density at radius 3 is 2.45 bits per heavy atom. The maximum absolute atomic E-state index is 12.0. The van der Waals surface area contributed by atoms with E-state index in [4.69, 9.17) is 9.84 Å². The Hall–Kier alpha value is -3.67. The highest BCUT2D eigenvalue weighted by Gasteiger charge is 2.12. The lowest BCUT2D eigenvalue weighted by atomic mass is 10.2. The molecule has 0 fully saturated rings. The molecular weight excluding hydrogens is 368 g/mol. The molecule has 6 nitrogen and oxygen atoms in total. The Labute approximate surface area is 169 Å². The summed E-state index contributed by atoms with van der Waals surface area (Å²) in [6.07, 6.45) is 1.75. The van der Waals surface area contributed by atoms with Crippen LogP contribution in [0.5, 0.6) is 0 Å². The zero-order valence-corrected chi connectivity index (χ0v) is 16.5. The first kappa shape index (κ1) is 20.1. The zero-order valence-electron chi connectivity index (χ0n) is 16.5. The predicted octanol–water partition coefficient (Wildman–Crippen LogP) is 4.72. The monoisotopic (exact) mass is 390 g/mol. The van der Waals surface area contributed by atoms with Gasteiger partial charge in [-0.15, -0.1) is 0 Å². The molecule has 0 amide bonds. The first-order valence-electron chi connectivity index (χ1n) is 9.24. The van der Waals surface area contributed by atoms with Gasteiger partial charge in [0.2, 0.25) is 0 Å². The van der Waals surface area contributed by atoms with E-state index in [1.165, 1.54) is 12.1 Å². The van der Waals surface area contributed by atoms with Crippen LogP contribution in [0, 0.1) is 13.8 Å². The SMILES string of the molecule is CCOC(=O)c1cccc(-n2c(C)cc(C=Nc3ccc(C(=O)O)cc3)c2C)c1. The maximum atomic E-state index is 12.0. The zero-order chi connectivity index (χ0) is 21.0. The van der Waals surface area contributed by atoms with Crippen molar-refractivity contribution in [2.45, 2.75) is 20.8 Å². The van der Waals surface area contributed by atoms with Crippen molar-refractivity contribution in [3.8, 4) is 5.69 Å². The Bertz CT molecular complexity index is 1080. The average Bonchev–Trinajstić information content (AvgIpc) is 3.00. The third-order valence-corrected chi connectivity index (χ3v) is 4.55. The lowest BCUT2D eigenvalue weighted by Gasteiger charge is -2.11. The van der Waals surface area contributed by atoms with Gasteiger partial charge in [0.1, 0.15) is 0 Å². The largest absolute Gasteiger partial charge is 0.478 e. The fourth-order valence-corrected chi connectivity index (χ4v) is 3.14. The van der Waals surface area contributed by atoms with Crippen molar-refractivity contribution in [3.63, 3.8) is 0 Å². The summed E-state index contributed by atoms with van der Waals surface area (Å²) >= 11 is 0. The minimum Gasteiger partial charge on any atom is -0.478 e. The summed E-state index contributed by atoms with van der Waals surface area (Å²) in [5.74, 6) is -1.31. The maximum Gasteiger partial charge on any atom is 0.338 e. The van der Waals surface area contributed by atoms with Crippen molar-refractivity contribution < 1.29 is 19.4 Å². The van der Waals surface area contributed by atoms with Crippen LogP contribution in [-0.4, -0.2) is 34.4 Å². The molecule has 0 saturated carbocycles. The van der Waals surface area contributed by atoms with Crippen molar-refractivity contribution in [3.05, 3.63) is 82.7 Å². The van der Waals surface area contributed by atoms with E-state index in [1.54, 1.807) is 31.3 Å². The number of ether oxygens (including phenoxy) is 1. The summed E-state index contributed by atoms with van der Waals surface area (Å²) in [6, 6.07) is 15.7. The van der Waals surface area contributed by atoms with Gasteiger partial charge < -0.3 is 14.4 Å². The first-order valence-corrected chi connectivity index (χ1v) is 9.24. The standard InChI is InChI=1S/C23H22N2O4/c1-4-29-23(28)18-6-5-7-21(13-18)25-15(2)12-19(16(25)3)14-24-20-10-8-17(9-11-20)22(26)27/h5-14H,4H2,1-3H3,(H,26,27). The molecule has 3 aromatic rings. The van der Waals surface area contributed by atoms with Crippen LogP contribution in [0.1, 0.15) is 44.6 Å². The lowest BCUT2D eigenvalue weighted by molar-refractivity contribution is 0.0525. The second-order valence-electron chi connectivity index (χ2n) is 6.54.